The van der Waals surface area contributed by atoms with Crippen LogP contribution in [0.15, 0.2) is 61.2 Å². The summed E-state index contributed by atoms with van der Waals surface area (Å²) in [6.45, 7) is 8.90. The van der Waals surface area contributed by atoms with Crippen molar-refractivity contribution >= 4 is 5.97 Å². The number of carbonyl (C=O) groups is 1. The zero-order chi connectivity index (χ0) is 25.6. The molecule has 1 aliphatic heterocycles. The van der Waals surface area contributed by atoms with Crippen LogP contribution in [0.2, 0.25) is 0 Å². The third-order valence-corrected chi connectivity index (χ3v) is 7.00. The van der Waals surface area contributed by atoms with Crippen molar-refractivity contribution in [1.29, 1.82) is 0 Å². The molecule has 1 saturated heterocycles. The van der Waals surface area contributed by atoms with Crippen molar-refractivity contribution in [1.82, 2.24) is 4.90 Å². The Morgan fingerprint density at radius 3 is 2.31 bits per heavy atom. The zero-order valence-electron chi connectivity index (χ0n) is 20.6. The summed E-state index contributed by atoms with van der Waals surface area (Å²) in [6.07, 6.45) is 1.69. The number of carboxylic acids is 1. The van der Waals surface area contributed by atoms with E-state index in [1.165, 1.54) is 11.1 Å². The van der Waals surface area contributed by atoms with Crippen LogP contribution in [0, 0.1) is 11.8 Å². The predicted molar refractivity (Wildman–Crippen MR) is 133 cm³/mol. The highest BCUT2D eigenvalue weighted by molar-refractivity contribution is 5.67. The lowest BCUT2D eigenvalue weighted by molar-refractivity contribution is -0.139. The monoisotopic (exact) mass is 487 g/mol. The Labute approximate surface area is 206 Å². The average Bonchev–Trinajstić information content (AvgIpc) is 2.80. The van der Waals surface area contributed by atoms with Crippen LogP contribution in [0.3, 0.4) is 0 Å². The van der Waals surface area contributed by atoms with Crippen molar-refractivity contribution in [2.75, 3.05) is 6.54 Å². The zero-order valence-corrected chi connectivity index (χ0v) is 20.6. The standard InChI is InChI=1S/C29H36F3NO2/c1-4-5-21-7-9-23(10-8-21)26(15-6-20(2)3)33-17-16-22(19-28(34)35)18-27(33)24-11-13-25(14-12-24)29(30,31)32/h4,7-14,20,22,26-27H,1,5-6,15-19H2,2-3H3,(H,34,35)/t22-,26+,27-/m0/s1. The Hall–Kier alpha value is -2.60. The third kappa shape index (κ3) is 7.44. The number of carboxylic acid groups (broad SMARTS) is 1. The third-order valence-electron chi connectivity index (χ3n) is 7.00. The number of piperidine rings is 1. The molecule has 0 amide bonds. The van der Waals surface area contributed by atoms with Gasteiger partial charge in [0.15, 0.2) is 0 Å². The van der Waals surface area contributed by atoms with Crippen LogP contribution in [0.1, 0.15) is 80.3 Å². The molecule has 3 rings (SSSR count). The summed E-state index contributed by atoms with van der Waals surface area (Å²) in [7, 11) is 0. The van der Waals surface area contributed by atoms with Gasteiger partial charge in [0.2, 0.25) is 0 Å². The number of nitrogens with zero attached hydrogens (tertiary/aromatic N) is 1. The second-order valence-corrected chi connectivity index (χ2v) is 10.1. The van der Waals surface area contributed by atoms with Gasteiger partial charge in [0.25, 0.3) is 0 Å². The summed E-state index contributed by atoms with van der Waals surface area (Å²) in [5.74, 6) is -0.313. The minimum absolute atomic E-state index is 0.00300. The Balaban J connectivity index is 1.97. The van der Waals surface area contributed by atoms with Gasteiger partial charge >= 0.3 is 12.1 Å². The van der Waals surface area contributed by atoms with E-state index in [9.17, 15) is 23.1 Å². The summed E-state index contributed by atoms with van der Waals surface area (Å²) in [5.41, 5.74) is 2.52. The maximum atomic E-state index is 13.2. The quantitative estimate of drug-likeness (QED) is 0.347. The van der Waals surface area contributed by atoms with Gasteiger partial charge in [-0.05, 0) is 79.3 Å². The average molecular weight is 488 g/mol. The number of rotatable bonds is 10. The summed E-state index contributed by atoms with van der Waals surface area (Å²) in [6, 6.07) is 13.9. The normalized spacial score (nSPS) is 20.1. The molecule has 0 saturated carbocycles. The predicted octanol–water partition coefficient (Wildman–Crippen LogP) is 7.84. The number of aliphatic carboxylic acids is 1. The molecule has 2 aromatic rings. The molecule has 0 radical (unpaired) electrons. The van der Waals surface area contributed by atoms with Gasteiger partial charge in [0, 0.05) is 18.5 Å². The lowest BCUT2D eigenvalue weighted by Crippen LogP contribution is -2.40. The second kappa shape index (κ2) is 11.9. The fourth-order valence-corrected chi connectivity index (χ4v) is 5.14. The van der Waals surface area contributed by atoms with Crippen molar-refractivity contribution in [3.8, 4) is 0 Å². The van der Waals surface area contributed by atoms with E-state index < -0.39 is 17.7 Å². The molecule has 1 aliphatic rings. The largest absolute Gasteiger partial charge is 0.481 e. The first-order valence-corrected chi connectivity index (χ1v) is 12.4. The highest BCUT2D eigenvalue weighted by Gasteiger charge is 2.36. The van der Waals surface area contributed by atoms with Gasteiger partial charge in [-0.3, -0.25) is 9.69 Å². The lowest BCUT2D eigenvalue weighted by Gasteiger charge is -2.44. The number of hydrogen-bond acceptors (Lipinski definition) is 2. The molecule has 1 fully saturated rings. The topological polar surface area (TPSA) is 40.5 Å². The van der Waals surface area contributed by atoms with Crippen LogP contribution in [0.4, 0.5) is 13.2 Å². The van der Waals surface area contributed by atoms with Crippen LogP contribution >= 0.6 is 0 Å². The highest BCUT2D eigenvalue weighted by Crippen LogP contribution is 2.43. The van der Waals surface area contributed by atoms with Crippen molar-refractivity contribution in [3.05, 3.63) is 83.4 Å². The van der Waals surface area contributed by atoms with E-state index in [2.05, 4.69) is 49.6 Å². The maximum Gasteiger partial charge on any atom is 0.416 e. The summed E-state index contributed by atoms with van der Waals surface area (Å²) >= 11 is 0. The summed E-state index contributed by atoms with van der Waals surface area (Å²) in [5, 5.41) is 9.37. The van der Waals surface area contributed by atoms with Gasteiger partial charge in [0.05, 0.1) is 5.56 Å². The SMILES string of the molecule is C=CCc1ccc([C@@H](CCC(C)C)N2CC[C@H](CC(=O)O)C[C@H]2c2ccc(C(F)(F)F)cc2)cc1. The maximum absolute atomic E-state index is 13.2. The van der Waals surface area contributed by atoms with E-state index >= 15 is 0 Å². The first-order valence-electron chi connectivity index (χ1n) is 12.4. The molecule has 6 heteroatoms. The van der Waals surface area contributed by atoms with E-state index in [-0.39, 0.29) is 24.4 Å². The molecule has 0 unspecified atom stereocenters. The molecule has 1 N–H and O–H groups in total. The Kier molecular flexibility index (Phi) is 9.17. The number of hydrogen-bond donors (Lipinski definition) is 1. The summed E-state index contributed by atoms with van der Waals surface area (Å²) in [4.78, 5) is 13.8. The molecule has 0 bridgehead atoms. The van der Waals surface area contributed by atoms with Crippen LogP contribution in [0.25, 0.3) is 0 Å². The van der Waals surface area contributed by atoms with E-state index in [1.807, 2.05) is 6.08 Å². The molecule has 0 spiro atoms. The van der Waals surface area contributed by atoms with E-state index in [4.69, 9.17) is 0 Å². The lowest BCUT2D eigenvalue weighted by atomic mass is 9.82. The molecule has 0 aromatic heterocycles. The molecule has 35 heavy (non-hydrogen) atoms. The number of alkyl halides is 3. The number of benzene rings is 2. The molecule has 3 nitrogen and oxygen atoms in total. The van der Waals surface area contributed by atoms with E-state index in [0.29, 0.717) is 18.9 Å². The van der Waals surface area contributed by atoms with Crippen molar-refractivity contribution in [2.24, 2.45) is 11.8 Å². The van der Waals surface area contributed by atoms with Gasteiger partial charge in [-0.25, -0.2) is 0 Å². The van der Waals surface area contributed by atoms with E-state index in [0.717, 1.165) is 43.4 Å². The molecule has 1 heterocycles. The molecular weight excluding hydrogens is 451 g/mol. The van der Waals surface area contributed by atoms with Gasteiger partial charge in [-0.2, -0.15) is 13.2 Å². The Bertz CT molecular complexity index is 967. The first-order chi connectivity index (χ1) is 16.6. The molecular formula is C29H36F3NO2. The minimum atomic E-state index is -4.39. The smallest absolute Gasteiger partial charge is 0.416 e. The highest BCUT2D eigenvalue weighted by atomic mass is 19.4. The van der Waals surface area contributed by atoms with Gasteiger partial charge in [-0.1, -0.05) is 56.3 Å². The molecule has 190 valence electrons. The minimum Gasteiger partial charge on any atom is -0.481 e. The molecule has 0 aliphatic carbocycles. The van der Waals surface area contributed by atoms with Crippen molar-refractivity contribution in [3.63, 3.8) is 0 Å². The van der Waals surface area contributed by atoms with Crippen molar-refractivity contribution < 1.29 is 23.1 Å². The molecule has 2 aromatic carbocycles. The second-order valence-electron chi connectivity index (χ2n) is 10.1. The summed E-state index contributed by atoms with van der Waals surface area (Å²) < 4.78 is 39.5. The van der Waals surface area contributed by atoms with Crippen LogP contribution in [-0.2, 0) is 17.4 Å². The first kappa shape index (κ1) is 27.0. The van der Waals surface area contributed by atoms with Crippen molar-refractivity contribution in [2.45, 2.75) is 70.6 Å². The number of allylic oxidation sites excluding steroid dienone is 1. The van der Waals surface area contributed by atoms with Crippen LogP contribution in [-0.4, -0.2) is 22.5 Å². The number of halogens is 3. The Morgan fingerprint density at radius 2 is 1.77 bits per heavy atom. The Morgan fingerprint density at radius 1 is 1.11 bits per heavy atom. The van der Waals surface area contributed by atoms with Gasteiger partial charge in [0.1, 0.15) is 0 Å². The van der Waals surface area contributed by atoms with Gasteiger partial charge in [-0.15, -0.1) is 6.58 Å². The molecule has 3 atom stereocenters. The fourth-order valence-electron chi connectivity index (χ4n) is 5.14. The van der Waals surface area contributed by atoms with Crippen LogP contribution < -0.4 is 0 Å². The number of likely N-dealkylation sites (tertiary alicyclic amines) is 1. The van der Waals surface area contributed by atoms with E-state index in [1.54, 1.807) is 12.1 Å². The van der Waals surface area contributed by atoms with Gasteiger partial charge < -0.3 is 5.11 Å². The van der Waals surface area contributed by atoms with Crippen LogP contribution in [0.5, 0.6) is 0 Å². The fraction of sp³-hybridized carbons (Fsp3) is 0.483.